The van der Waals surface area contributed by atoms with Gasteiger partial charge in [0, 0.05) is 18.0 Å². The summed E-state index contributed by atoms with van der Waals surface area (Å²) in [6.45, 7) is 12.2. The molecule has 0 atom stereocenters. The summed E-state index contributed by atoms with van der Waals surface area (Å²) >= 11 is 0. The summed E-state index contributed by atoms with van der Waals surface area (Å²) < 4.78 is 14.2. The standard InChI is InChI=1S/C33H51NO4/c1-6-8-10-12-13-15-23-37-32-31(38-24-21-27(5)18-16-17-26(3)4)29-20-19-28(35)25-30(29)34(33(32)36)22-14-11-9-7-2/h17,19-21,25,35H,6-16,18,22-24H2,1-5H3/b27-21+. The van der Waals surface area contributed by atoms with Crippen molar-refractivity contribution in [3.8, 4) is 17.2 Å². The molecule has 0 saturated heterocycles. The van der Waals surface area contributed by atoms with E-state index < -0.39 is 0 Å². The minimum Gasteiger partial charge on any atom is -0.508 e. The molecule has 0 saturated carbocycles. The van der Waals surface area contributed by atoms with Crippen LogP contribution in [0, 0.1) is 0 Å². The first-order valence-electron chi connectivity index (χ1n) is 14.8. The maximum atomic E-state index is 13.7. The summed E-state index contributed by atoms with van der Waals surface area (Å²) in [6.07, 6.45) is 17.5. The fourth-order valence-corrected chi connectivity index (χ4v) is 4.59. The van der Waals surface area contributed by atoms with Crippen molar-refractivity contribution in [2.24, 2.45) is 0 Å². The lowest BCUT2D eigenvalue weighted by atomic mass is 10.1. The average Bonchev–Trinajstić information content (AvgIpc) is 2.88. The van der Waals surface area contributed by atoms with Crippen LogP contribution in [-0.2, 0) is 6.54 Å². The maximum Gasteiger partial charge on any atom is 0.297 e. The van der Waals surface area contributed by atoms with E-state index in [9.17, 15) is 9.90 Å². The molecular weight excluding hydrogens is 474 g/mol. The average molecular weight is 526 g/mol. The fraction of sp³-hybridized carbons (Fsp3) is 0.606. The predicted octanol–water partition coefficient (Wildman–Crippen LogP) is 9.10. The van der Waals surface area contributed by atoms with E-state index >= 15 is 0 Å². The molecule has 0 aliphatic carbocycles. The first kappa shape index (κ1) is 31.5. The van der Waals surface area contributed by atoms with Gasteiger partial charge in [0.05, 0.1) is 12.1 Å². The number of rotatable bonds is 19. The van der Waals surface area contributed by atoms with Gasteiger partial charge in [-0.3, -0.25) is 4.79 Å². The van der Waals surface area contributed by atoms with Gasteiger partial charge in [0.2, 0.25) is 5.75 Å². The summed E-state index contributed by atoms with van der Waals surface area (Å²) in [7, 11) is 0. The predicted molar refractivity (Wildman–Crippen MR) is 161 cm³/mol. The van der Waals surface area contributed by atoms with Gasteiger partial charge in [0.15, 0.2) is 5.75 Å². The van der Waals surface area contributed by atoms with Crippen molar-refractivity contribution in [2.75, 3.05) is 13.2 Å². The fourth-order valence-electron chi connectivity index (χ4n) is 4.59. The van der Waals surface area contributed by atoms with Crippen LogP contribution in [0.4, 0.5) is 0 Å². The van der Waals surface area contributed by atoms with Crippen LogP contribution in [0.1, 0.15) is 112 Å². The van der Waals surface area contributed by atoms with Crippen LogP contribution in [0.15, 0.2) is 46.3 Å². The summed E-state index contributed by atoms with van der Waals surface area (Å²) in [5.74, 6) is 0.915. The van der Waals surface area contributed by atoms with Gasteiger partial charge in [-0.15, -0.1) is 0 Å². The summed E-state index contributed by atoms with van der Waals surface area (Å²) in [5.41, 5.74) is 3.09. The highest BCUT2D eigenvalue weighted by Gasteiger charge is 2.20. The summed E-state index contributed by atoms with van der Waals surface area (Å²) in [4.78, 5) is 13.7. The van der Waals surface area contributed by atoms with Gasteiger partial charge in [-0.05, 0) is 64.7 Å². The third kappa shape index (κ3) is 10.6. The zero-order valence-corrected chi connectivity index (χ0v) is 24.6. The number of hydrogen-bond donors (Lipinski definition) is 1. The Morgan fingerprint density at radius 1 is 0.868 bits per heavy atom. The highest BCUT2D eigenvalue weighted by atomic mass is 16.5. The lowest BCUT2D eigenvalue weighted by Gasteiger charge is -2.19. The topological polar surface area (TPSA) is 60.7 Å². The van der Waals surface area contributed by atoms with E-state index in [2.05, 4.69) is 46.8 Å². The van der Waals surface area contributed by atoms with Crippen molar-refractivity contribution >= 4 is 10.9 Å². The zero-order chi connectivity index (χ0) is 27.8. The molecule has 0 amide bonds. The van der Waals surface area contributed by atoms with E-state index in [-0.39, 0.29) is 11.3 Å². The first-order valence-corrected chi connectivity index (χ1v) is 14.8. The highest BCUT2D eigenvalue weighted by molar-refractivity contribution is 5.89. The number of aryl methyl sites for hydroxylation is 1. The molecular formula is C33H51NO4. The van der Waals surface area contributed by atoms with Gasteiger partial charge in [-0.2, -0.15) is 0 Å². The molecule has 1 aromatic heterocycles. The number of aromatic nitrogens is 1. The Balaban J connectivity index is 2.33. The van der Waals surface area contributed by atoms with E-state index in [1.807, 2.05) is 6.07 Å². The smallest absolute Gasteiger partial charge is 0.297 e. The second-order valence-corrected chi connectivity index (χ2v) is 10.7. The number of benzene rings is 1. The number of allylic oxidation sites excluding steroid dienone is 3. The second kappa shape index (κ2) is 17.8. The van der Waals surface area contributed by atoms with Gasteiger partial charge in [-0.25, -0.2) is 0 Å². The van der Waals surface area contributed by atoms with Crippen molar-refractivity contribution in [3.05, 3.63) is 51.9 Å². The van der Waals surface area contributed by atoms with Crippen molar-refractivity contribution in [3.63, 3.8) is 0 Å². The van der Waals surface area contributed by atoms with Gasteiger partial charge >= 0.3 is 0 Å². The highest BCUT2D eigenvalue weighted by Crippen LogP contribution is 2.35. The van der Waals surface area contributed by atoms with Gasteiger partial charge in [0.1, 0.15) is 12.4 Å². The molecule has 0 aliphatic heterocycles. The molecule has 0 spiro atoms. The number of phenols is 1. The second-order valence-electron chi connectivity index (χ2n) is 10.7. The Morgan fingerprint density at radius 2 is 1.55 bits per heavy atom. The molecule has 0 radical (unpaired) electrons. The van der Waals surface area contributed by atoms with Crippen LogP contribution in [0.2, 0.25) is 0 Å². The Morgan fingerprint density at radius 3 is 2.26 bits per heavy atom. The molecule has 2 rings (SSSR count). The number of hydrogen-bond acceptors (Lipinski definition) is 4. The third-order valence-corrected chi connectivity index (χ3v) is 6.89. The van der Waals surface area contributed by atoms with Crippen LogP contribution in [0.3, 0.4) is 0 Å². The van der Waals surface area contributed by atoms with Gasteiger partial charge < -0.3 is 19.1 Å². The van der Waals surface area contributed by atoms with Crippen LogP contribution in [0.25, 0.3) is 10.9 Å². The summed E-state index contributed by atoms with van der Waals surface area (Å²) in [5, 5.41) is 11.0. The monoisotopic (exact) mass is 525 g/mol. The Kier molecular flexibility index (Phi) is 14.7. The Labute approximate surface area is 230 Å². The van der Waals surface area contributed by atoms with E-state index in [1.165, 1.54) is 36.8 Å². The molecule has 0 unspecified atom stereocenters. The molecule has 38 heavy (non-hydrogen) atoms. The van der Waals surface area contributed by atoms with Gasteiger partial charge in [-0.1, -0.05) is 82.4 Å². The quantitative estimate of drug-likeness (QED) is 0.147. The molecule has 1 N–H and O–H groups in total. The maximum absolute atomic E-state index is 13.7. The van der Waals surface area contributed by atoms with Crippen molar-refractivity contribution in [1.82, 2.24) is 4.57 Å². The third-order valence-electron chi connectivity index (χ3n) is 6.89. The molecule has 1 aromatic carbocycles. The number of ether oxygens (including phenoxy) is 2. The van der Waals surface area contributed by atoms with E-state index in [0.717, 1.165) is 56.8 Å². The zero-order valence-electron chi connectivity index (χ0n) is 24.6. The van der Waals surface area contributed by atoms with Crippen LogP contribution >= 0.6 is 0 Å². The van der Waals surface area contributed by atoms with Gasteiger partial charge in [0.25, 0.3) is 5.56 Å². The number of unbranched alkanes of at least 4 members (excludes halogenated alkanes) is 8. The van der Waals surface area contributed by atoms with Crippen LogP contribution in [-0.4, -0.2) is 22.9 Å². The first-order chi connectivity index (χ1) is 18.4. The lowest BCUT2D eigenvalue weighted by molar-refractivity contribution is 0.271. The number of phenolic OH excluding ortho intramolecular Hbond substituents is 1. The number of aromatic hydroxyl groups is 1. The molecule has 5 nitrogen and oxygen atoms in total. The number of pyridine rings is 1. The van der Waals surface area contributed by atoms with E-state index in [4.69, 9.17) is 9.47 Å². The molecule has 0 aliphatic rings. The largest absolute Gasteiger partial charge is 0.508 e. The molecule has 212 valence electrons. The molecule has 0 bridgehead atoms. The Bertz CT molecular complexity index is 1090. The molecule has 2 aromatic rings. The van der Waals surface area contributed by atoms with Crippen molar-refractivity contribution in [2.45, 2.75) is 118 Å². The SMILES string of the molecule is CCCCCCCCOc1c(OC/C=C(\C)CCC=C(C)C)c2ccc(O)cc2n(CCCCCC)c1=O. The molecule has 1 heterocycles. The van der Waals surface area contributed by atoms with Crippen LogP contribution < -0.4 is 15.0 Å². The van der Waals surface area contributed by atoms with Crippen molar-refractivity contribution < 1.29 is 14.6 Å². The number of fused-ring (bicyclic) bond motifs is 1. The van der Waals surface area contributed by atoms with E-state index in [1.54, 1.807) is 16.7 Å². The normalized spacial score (nSPS) is 11.7. The minimum atomic E-state index is -0.176. The minimum absolute atomic E-state index is 0.140. The Hall–Kier alpha value is -2.69. The molecule has 5 heteroatoms. The lowest BCUT2D eigenvalue weighted by Crippen LogP contribution is -2.24. The van der Waals surface area contributed by atoms with Crippen molar-refractivity contribution in [1.29, 1.82) is 0 Å². The van der Waals surface area contributed by atoms with Crippen LogP contribution in [0.5, 0.6) is 17.2 Å². The number of nitrogens with zero attached hydrogens (tertiary/aromatic N) is 1. The summed E-state index contributed by atoms with van der Waals surface area (Å²) in [6, 6.07) is 5.16. The van der Waals surface area contributed by atoms with E-state index in [0.29, 0.717) is 36.8 Å². The molecule has 0 fully saturated rings.